The van der Waals surface area contributed by atoms with Crippen LogP contribution in [-0.4, -0.2) is 4.98 Å². The Hall–Kier alpha value is -0.830. The lowest BCUT2D eigenvalue weighted by Crippen LogP contribution is -1.79. The van der Waals surface area contributed by atoms with Crippen molar-refractivity contribution >= 4 is 27.0 Å². The Bertz CT molecular complexity index is 422. The van der Waals surface area contributed by atoms with Crippen molar-refractivity contribution in [2.75, 3.05) is 0 Å². The molecule has 1 aromatic carbocycles. The summed E-state index contributed by atoms with van der Waals surface area (Å²) in [6.45, 7) is 2.12. The van der Waals surface area contributed by atoms with E-state index in [9.17, 15) is 0 Å². The zero-order valence-electron chi connectivity index (χ0n) is 7.38. The highest BCUT2D eigenvalue weighted by Crippen LogP contribution is 2.20. The van der Waals surface area contributed by atoms with Gasteiger partial charge < -0.3 is 4.42 Å². The molecule has 0 saturated heterocycles. The number of hydrogen-bond acceptors (Lipinski definition) is 2. The summed E-state index contributed by atoms with van der Waals surface area (Å²) in [7, 11) is 0. The standard InChI is InChI=1S/C10H10BrNO/c1-2-3-10-12-8-5-4-7(11)6-9(8)13-10/h4-6H,2-3H2,1H3. The molecule has 0 aliphatic heterocycles. The van der Waals surface area contributed by atoms with E-state index >= 15 is 0 Å². The van der Waals surface area contributed by atoms with E-state index in [0.29, 0.717) is 0 Å². The summed E-state index contributed by atoms with van der Waals surface area (Å²) in [5, 5.41) is 0. The molecule has 68 valence electrons. The second kappa shape index (κ2) is 3.50. The van der Waals surface area contributed by atoms with E-state index in [-0.39, 0.29) is 0 Å². The molecule has 3 heteroatoms. The molecule has 2 nitrogen and oxygen atoms in total. The fourth-order valence-corrected chi connectivity index (χ4v) is 1.61. The molecule has 1 aromatic heterocycles. The Balaban J connectivity index is 2.49. The minimum Gasteiger partial charge on any atom is -0.441 e. The molecular weight excluding hydrogens is 230 g/mol. The molecule has 0 aliphatic rings. The van der Waals surface area contributed by atoms with Gasteiger partial charge in [-0.25, -0.2) is 4.98 Å². The maximum atomic E-state index is 5.55. The molecule has 2 aromatic rings. The SMILES string of the molecule is CCCc1nc2ccc(Br)cc2o1. The third-order valence-corrected chi connectivity index (χ3v) is 2.35. The van der Waals surface area contributed by atoms with E-state index in [1.165, 1.54) is 0 Å². The molecule has 0 aliphatic carbocycles. The lowest BCUT2D eigenvalue weighted by molar-refractivity contribution is 0.525. The number of nitrogens with zero attached hydrogens (tertiary/aromatic N) is 1. The summed E-state index contributed by atoms with van der Waals surface area (Å²) < 4.78 is 6.58. The average Bonchev–Trinajstić information content (AvgIpc) is 2.46. The van der Waals surface area contributed by atoms with Gasteiger partial charge in [0.25, 0.3) is 0 Å². The quantitative estimate of drug-likeness (QED) is 0.802. The summed E-state index contributed by atoms with van der Waals surface area (Å²) in [5.74, 6) is 0.829. The molecule has 0 amide bonds. The Morgan fingerprint density at radius 2 is 2.31 bits per heavy atom. The van der Waals surface area contributed by atoms with Gasteiger partial charge in [-0.1, -0.05) is 22.9 Å². The number of aryl methyl sites for hydroxylation is 1. The monoisotopic (exact) mass is 239 g/mol. The number of halogens is 1. The van der Waals surface area contributed by atoms with Crippen LogP contribution in [0.4, 0.5) is 0 Å². The van der Waals surface area contributed by atoms with E-state index in [2.05, 4.69) is 27.8 Å². The second-order valence-corrected chi connectivity index (χ2v) is 3.89. The Labute approximate surface area is 85.1 Å². The predicted octanol–water partition coefficient (Wildman–Crippen LogP) is 3.54. The van der Waals surface area contributed by atoms with Crippen LogP contribution >= 0.6 is 15.9 Å². The first-order chi connectivity index (χ1) is 6.29. The van der Waals surface area contributed by atoms with Crippen LogP contribution < -0.4 is 0 Å². The first kappa shape index (κ1) is 8.75. The molecule has 0 fully saturated rings. The van der Waals surface area contributed by atoms with Gasteiger partial charge in [-0.2, -0.15) is 0 Å². The first-order valence-electron chi connectivity index (χ1n) is 4.34. The molecular formula is C10H10BrNO. The predicted molar refractivity (Wildman–Crippen MR) is 55.7 cm³/mol. The van der Waals surface area contributed by atoms with Crippen LogP contribution in [0.5, 0.6) is 0 Å². The molecule has 1 heterocycles. The summed E-state index contributed by atoms with van der Waals surface area (Å²) in [4.78, 5) is 4.36. The van der Waals surface area contributed by atoms with Crippen molar-refractivity contribution < 1.29 is 4.42 Å². The lowest BCUT2D eigenvalue weighted by atomic mass is 10.3. The van der Waals surface area contributed by atoms with Crippen LogP contribution in [-0.2, 0) is 6.42 Å². The lowest BCUT2D eigenvalue weighted by Gasteiger charge is -1.87. The van der Waals surface area contributed by atoms with Gasteiger partial charge in [0.2, 0.25) is 0 Å². The molecule has 0 N–H and O–H groups in total. The minimum absolute atomic E-state index is 0.829. The normalized spacial score (nSPS) is 10.9. The van der Waals surface area contributed by atoms with Crippen molar-refractivity contribution in [1.82, 2.24) is 4.98 Å². The van der Waals surface area contributed by atoms with Gasteiger partial charge in [0.05, 0.1) is 0 Å². The fourth-order valence-electron chi connectivity index (χ4n) is 1.27. The maximum Gasteiger partial charge on any atom is 0.195 e. The molecule has 0 unspecified atom stereocenters. The Morgan fingerprint density at radius 1 is 1.46 bits per heavy atom. The van der Waals surface area contributed by atoms with E-state index in [0.717, 1.165) is 34.3 Å². The van der Waals surface area contributed by atoms with Crippen molar-refractivity contribution in [2.45, 2.75) is 19.8 Å². The average molecular weight is 240 g/mol. The van der Waals surface area contributed by atoms with Crippen molar-refractivity contribution in [3.05, 3.63) is 28.6 Å². The van der Waals surface area contributed by atoms with Gasteiger partial charge >= 0.3 is 0 Å². The summed E-state index contributed by atoms with van der Waals surface area (Å²) in [6, 6.07) is 5.88. The molecule has 0 atom stereocenters. The smallest absolute Gasteiger partial charge is 0.195 e. The number of fused-ring (bicyclic) bond motifs is 1. The van der Waals surface area contributed by atoms with Gasteiger partial charge in [0.15, 0.2) is 11.5 Å². The molecule has 0 saturated carbocycles. The molecule has 2 rings (SSSR count). The third kappa shape index (κ3) is 1.75. The molecule has 13 heavy (non-hydrogen) atoms. The van der Waals surface area contributed by atoms with Crippen LogP contribution in [0.1, 0.15) is 19.2 Å². The van der Waals surface area contributed by atoms with Crippen LogP contribution in [0.25, 0.3) is 11.1 Å². The van der Waals surface area contributed by atoms with E-state index in [4.69, 9.17) is 4.42 Å². The Kier molecular flexibility index (Phi) is 2.36. The highest BCUT2D eigenvalue weighted by molar-refractivity contribution is 9.10. The van der Waals surface area contributed by atoms with Crippen LogP contribution in [0.2, 0.25) is 0 Å². The largest absolute Gasteiger partial charge is 0.441 e. The van der Waals surface area contributed by atoms with Crippen molar-refractivity contribution in [3.63, 3.8) is 0 Å². The summed E-state index contributed by atoms with van der Waals surface area (Å²) in [6.07, 6.45) is 1.97. The van der Waals surface area contributed by atoms with Gasteiger partial charge in [-0.15, -0.1) is 0 Å². The summed E-state index contributed by atoms with van der Waals surface area (Å²) in [5.41, 5.74) is 1.80. The molecule has 0 bridgehead atoms. The first-order valence-corrected chi connectivity index (χ1v) is 5.14. The zero-order chi connectivity index (χ0) is 9.26. The van der Waals surface area contributed by atoms with Crippen LogP contribution in [0.15, 0.2) is 27.1 Å². The van der Waals surface area contributed by atoms with Crippen molar-refractivity contribution in [3.8, 4) is 0 Å². The Morgan fingerprint density at radius 3 is 3.08 bits per heavy atom. The van der Waals surface area contributed by atoms with Crippen molar-refractivity contribution in [2.24, 2.45) is 0 Å². The van der Waals surface area contributed by atoms with Gasteiger partial charge in [-0.3, -0.25) is 0 Å². The van der Waals surface area contributed by atoms with Gasteiger partial charge in [0, 0.05) is 10.9 Å². The minimum atomic E-state index is 0.829. The number of benzene rings is 1. The van der Waals surface area contributed by atoms with Crippen molar-refractivity contribution in [1.29, 1.82) is 0 Å². The highest BCUT2D eigenvalue weighted by atomic mass is 79.9. The maximum absolute atomic E-state index is 5.55. The number of oxazole rings is 1. The number of rotatable bonds is 2. The fraction of sp³-hybridized carbons (Fsp3) is 0.300. The van der Waals surface area contributed by atoms with Gasteiger partial charge in [0.1, 0.15) is 5.52 Å². The van der Waals surface area contributed by atoms with Gasteiger partial charge in [-0.05, 0) is 24.6 Å². The molecule has 0 spiro atoms. The van der Waals surface area contributed by atoms with E-state index in [1.54, 1.807) is 0 Å². The molecule has 0 radical (unpaired) electrons. The summed E-state index contributed by atoms with van der Waals surface area (Å²) >= 11 is 3.39. The van der Waals surface area contributed by atoms with E-state index in [1.807, 2.05) is 18.2 Å². The zero-order valence-corrected chi connectivity index (χ0v) is 8.97. The van der Waals surface area contributed by atoms with Crippen LogP contribution in [0.3, 0.4) is 0 Å². The van der Waals surface area contributed by atoms with Crippen LogP contribution in [0, 0.1) is 0 Å². The number of aromatic nitrogens is 1. The number of hydrogen-bond donors (Lipinski definition) is 0. The topological polar surface area (TPSA) is 26.0 Å². The van der Waals surface area contributed by atoms with E-state index < -0.39 is 0 Å². The third-order valence-electron chi connectivity index (χ3n) is 1.86. The highest BCUT2D eigenvalue weighted by Gasteiger charge is 2.04. The second-order valence-electron chi connectivity index (χ2n) is 2.97.